The molecule has 0 unspecified atom stereocenters. The third kappa shape index (κ3) is 3.05. The highest BCUT2D eigenvalue weighted by Gasteiger charge is 2.52. The standard InChI is InChI=1S/C16H25BN2O4/c1-15(2)16(3,4)23-17(22-15)12-10-13(14(20-5)18-11-12)19-6-8-21-9-7-19/h10-11H,6-9H2,1-5H3. The highest BCUT2D eigenvalue weighted by atomic mass is 16.7. The van der Waals surface area contributed by atoms with Crippen molar-refractivity contribution in [3.8, 4) is 5.88 Å². The van der Waals surface area contributed by atoms with Gasteiger partial charge in [0.05, 0.1) is 37.2 Å². The van der Waals surface area contributed by atoms with Gasteiger partial charge in [-0.3, -0.25) is 0 Å². The lowest BCUT2D eigenvalue weighted by atomic mass is 9.80. The number of methoxy groups -OCH3 is 1. The molecule has 126 valence electrons. The molecular formula is C16H25BN2O4. The van der Waals surface area contributed by atoms with Crippen LogP contribution in [0, 0.1) is 0 Å². The molecule has 2 aliphatic rings. The van der Waals surface area contributed by atoms with Gasteiger partial charge in [0.25, 0.3) is 0 Å². The maximum absolute atomic E-state index is 6.12. The van der Waals surface area contributed by atoms with Crippen molar-refractivity contribution >= 4 is 18.3 Å². The summed E-state index contributed by atoms with van der Waals surface area (Å²) in [6, 6.07) is 2.05. The van der Waals surface area contributed by atoms with Crippen LogP contribution in [-0.2, 0) is 14.0 Å². The van der Waals surface area contributed by atoms with E-state index in [2.05, 4.69) is 16.0 Å². The summed E-state index contributed by atoms with van der Waals surface area (Å²) in [7, 11) is 1.22. The van der Waals surface area contributed by atoms with Crippen molar-refractivity contribution in [1.82, 2.24) is 4.98 Å². The van der Waals surface area contributed by atoms with Gasteiger partial charge >= 0.3 is 7.12 Å². The molecule has 0 N–H and O–H groups in total. The molecule has 0 bridgehead atoms. The molecule has 3 rings (SSSR count). The summed E-state index contributed by atoms with van der Waals surface area (Å²) in [5.74, 6) is 0.618. The first-order valence-electron chi connectivity index (χ1n) is 8.06. The molecule has 23 heavy (non-hydrogen) atoms. The number of pyridine rings is 1. The molecule has 2 saturated heterocycles. The Kier molecular flexibility index (Phi) is 4.29. The molecule has 0 aliphatic carbocycles. The molecule has 6 nitrogen and oxygen atoms in total. The molecule has 0 radical (unpaired) electrons. The summed E-state index contributed by atoms with van der Waals surface area (Å²) < 4.78 is 23.1. The van der Waals surface area contributed by atoms with E-state index >= 15 is 0 Å². The van der Waals surface area contributed by atoms with Gasteiger partial charge in [-0.2, -0.15) is 0 Å². The van der Waals surface area contributed by atoms with Gasteiger partial charge in [-0.25, -0.2) is 4.98 Å². The van der Waals surface area contributed by atoms with Gasteiger partial charge in [0, 0.05) is 24.7 Å². The van der Waals surface area contributed by atoms with Gasteiger partial charge in [-0.1, -0.05) is 0 Å². The topological polar surface area (TPSA) is 53.0 Å². The van der Waals surface area contributed by atoms with Crippen LogP contribution in [0.2, 0.25) is 0 Å². The van der Waals surface area contributed by atoms with Crippen LogP contribution in [-0.4, -0.2) is 56.7 Å². The summed E-state index contributed by atoms with van der Waals surface area (Å²) >= 11 is 0. The van der Waals surface area contributed by atoms with Crippen molar-refractivity contribution in [3.05, 3.63) is 12.3 Å². The fourth-order valence-corrected chi connectivity index (χ4v) is 2.75. The van der Waals surface area contributed by atoms with Crippen LogP contribution < -0.4 is 15.1 Å². The van der Waals surface area contributed by atoms with Crippen molar-refractivity contribution in [2.75, 3.05) is 38.3 Å². The second-order valence-electron chi connectivity index (χ2n) is 6.98. The van der Waals surface area contributed by atoms with Crippen molar-refractivity contribution in [2.24, 2.45) is 0 Å². The summed E-state index contributed by atoms with van der Waals surface area (Å²) in [6.07, 6.45) is 1.77. The predicted octanol–water partition coefficient (Wildman–Crippen LogP) is 1.23. The third-order valence-electron chi connectivity index (χ3n) is 4.92. The van der Waals surface area contributed by atoms with Crippen LogP contribution >= 0.6 is 0 Å². The SMILES string of the molecule is COc1ncc(B2OC(C)(C)C(C)(C)O2)cc1N1CCOCC1. The molecule has 1 aromatic rings. The van der Waals surface area contributed by atoms with Gasteiger partial charge < -0.3 is 23.7 Å². The Morgan fingerprint density at radius 2 is 1.74 bits per heavy atom. The van der Waals surface area contributed by atoms with Crippen LogP contribution in [0.15, 0.2) is 12.3 Å². The van der Waals surface area contributed by atoms with Gasteiger partial charge in [-0.05, 0) is 33.8 Å². The Morgan fingerprint density at radius 3 is 2.30 bits per heavy atom. The van der Waals surface area contributed by atoms with Gasteiger partial charge in [0.1, 0.15) is 0 Å². The van der Waals surface area contributed by atoms with Crippen LogP contribution in [0.1, 0.15) is 27.7 Å². The zero-order valence-corrected chi connectivity index (χ0v) is 14.6. The second kappa shape index (κ2) is 5.96. The molecule has 2 aliphatic heterocycles. The van der Waals surface area contributed by atoms with E-state index in [9.17, 15) is 0 Å². The van der Waals surface area contributed by atoms with Crippen LogP contribution in [0.25, 0.3) is 0 Å². The summed E-state index contributed by atoms with van der Waals surface area (Å²) in [5.41, 5.74) is 1.14. The fraction of sp³-hybridized carbons (Fsp3) is 0.688. The number of hydrogen-bond acceptors (Lipinski definition) is 6. The van der Waals surface area contributed by atoms with Crippen molar-refractivity contribution in [3.63, 3.8) is 0 Å². The Bertz CT molecular complexity index is 557. The third-order valence-corrected chi connectivity index (χ3v) is 4.92. The lowest BCUT2D eigenvalue weighted by Gasteiger charge is -2.32. The summed E-state index contributed by atoms with van der Waals surface area (Å²) in [4.78, 5) is 6.67. The van der Waals surface area contributed by atoms with E-state index in [0.29, 0.717) is 19.1 Å². The van der Waals surface area contributed by atoms with E-state index in [4.69, 9.17) is 18.8 Å². The molecule has 0 saturated carbocycles. The second-order valence-corrected chi connectivity index (χ2v) is 6.98. The minimum atomic E-state index is -0.418. The largest absolute Gasteiger partial charge is 0.496 e. The molecule has 2 fully saturated rings. The van der Waals surface area contributed by atoms with E-state index in [0.717, 1.165) is 24.2 Å². The maximum atomic E-state index is 6.12. The molecule has 1 aromatic heterocycles. The minimum Gasteiger partial charge on any atom is -0.480 e. The van der Waals surface area contributed by atoms with Crippen LogP contribution in [0.4, 0.5) is 5.69 Å². The lowest BCUT2D eigenvalue weighted by molar-refractivity contribution is 0.00578. The number of anilines is 1. The maximum Gasteiger partial charge on any atom is 0.496 e. The quantitative estimate of drug-likeness (QED) is 0.781. The van der Waals surface area contributed by atoms with E-state index in [1.54, 1.807) is 13.3 Å². The average Bonchev–Trinajstić information content (AvgIpc) is 2.75. The van der Waals surface area contributed by atoms with Crippen molar-refractivity contribution in [1.29, 1.82) is 0 Å². The van der Waals surface area contributed by atoms with E-state index < -0.39 is 7.12 Å². The average molecular weight is 320 g/mol. The Hall–Kier alpha value is -1.31. The minimum absolute atomic E-state index is 0.364. The highest BCUT2D eigenvalue weighted by Crippen LogP contribution is 2.37. The van der Waals surface area contributed by atoms with Gasteiger partial charge in [0.2, 0.25) is 5.88 Å². The first-order valence-corrected chi connectivity index (χ1v) is 8.06. The van der Waals surface area contributed by atoms with E-state index in [-0.39, 0.29) is 11.2 Å². The molecule has 0 spiro atoms. The smallest absolute Gasteiger partial charge is 0.480 e. The molecule has 0 aromatic carbocycles. The number of rotatable bonds is 3. The van der Waals surface area contributed by atoms with Crippen LogP contribution in [0.5, 0.6) is 5.88 Å². The highest BCUT2D eigenvalue weighted by molar-refractivity contribution is 6.62. The molecule has 0 amide bonds. The number of nitrogens with zero attached hydrogens (tertiary/aromatic N) is 2. The molecule has 3 heterocycles. The predicted molar refractivity (Wildman–Crippen MR) is 89.5 cm³/mol. The zero-order chi connectivity index (χ0) is 16.7. The van der Waals surface area contributed by atoms with E-state index in [1.807, 2.05) is 27.7 Å². The first-order chi connectivity index (χ1) is 10.8. The summed E-state index contributed by atoms with van der Waals surface area (Å²) in [6.45, 7) is 11.3. The molecule has 0 atom stereocenters. The molecular weight excluding hydrogens is 295 g/mol. The summed E-state index contributed by atoms with van der Waals surface area (Å²) in [5, 5.41) is 0. The first kappa shape index (κ1) is 16.5. The Balaban J connectivity index is 1.89. The number of hydrogen-bond donors (Lipinski definition) is 0. The Morgan fingerprint density at radius 1 is 1.13 bits per heavy atom. The van der Waals surface area contributed by atoms with Crippen molar-refractivity contribution < 1.29 is 18.8 Å². The van der Waals surface area contributed by atoms with Crippen molar-refractivity contribution in [2.45, 2.75) is 38.9 Å². The number of aromatic nitrogens is 1. The van der Waals surface area contributed by atoms with Crippen LogP contribution in [0.3, 0.4) is 0 Å². The van der Waals surface area contributed by atoms with Gasteiger partial charge in [-0.15, -0.1) is 0 Å². The Labute approximate surface area is 138 Å². The zero-order valence-electron chi connectivity index (χ0n) is 14.6. The number of morpholine rings is 1. The monoisotopic (exact) mass is 320 g/mol. The van der Waals surface area contributed by atoms with E-state index in [1.165, 1.54) is 0 Å². The normalized spacial score (nSPS) is 23.2. The lowest BCUT2D eigenvalue weighted by Crippen LogP contribution is -2.41. The fourth-order valence-electron chi connectivity index (χ4n) is 2.75. The number of ether oxygens (including phenoxy) is 2. The van der Waals surface area contributed by atoms with Gasteiger partial charge in [0.15, 0.2) is 0 Å². The molecule has 7 heteroatoms.